The van der Waals surface area contributed by atoms with E-state index in [2.05, 4.69) is 21.0 Å². The van der Waals surface area contributed by atoms with Gasteiger partial charge in [0.15, 0.2) is 5.76 Å². The number of hydrazone groups is 1. The Bertz CT molecular complexity index is 888. The Morgan fingerprint density at radius 1 is 1.25 bits per heavy atom. The number of carbonyl (C=O) groups excluding carboxylic acids is 1. The van der Waals surface area contributed by atoms with Gasteiger partial charge in [0.2, 0.25) is 5.72 Å². The van der Waals surface area contributed by atoms with Gasteiger partial charge in [0.1, 0.15) is 23.8 Å². The summed E-state index contributed by atoms with van der Waals surface area (Å²) in [4.78, 5) is 12.4. The summed E-state index contributed by atoms with van der Waals surface area (Å²) in [7, 11) is 0. The van der Waals surface area contributed by atoms with E-state index < -0.39 is 42.4 Å². The molecule has 1 aromatic heterocycles. The van der Waals surface area contributed by atoms with Crippen molar-refractivity contribution in [2.75, 3.05) is 0 Å². The summed E-state index contributed by atoms with van der Waals surface area (Å²) >= 11 is 3.28. The summed E-state index contributed by atoms with van der Waals surface area (Å²) in [6.45, 7) is -0.0699. The van der Waals surface area contributed by atoms with Crippen molar-refractivity contribution < 1.29 is 36.6 Å². The van der Waals surface area contributed by atoms with Gasteiger partial charge in [-0.15, -0.1) is 0 Å². The number of amides is 1. The van der Waals surface area contributed by atoms with E-state index in [4.69, 9.17) is 9.15 Å². The Hall–Kier alpha value is -2.40. The summed E-state index contributed by atoms with van der Waals surface area (Å²) in [5.74, 6) is -1.02. The van der Waals surface area contributed by atoms with Gasteiger partial charge >= 0.3 is 5.91 Å². The Morgan fingerprint density at radius 2 is 1.93 bits per heavy atom. The van der Waals surface area contributed by atoms with Crippen molar-refractivity contribution in [2.24, 2.45) is 5.10 Å². The Morgan fingerprint density at radius 3 is 2.54 bits per heavy atom. The summed E-state index contributed by atoms with van der Waals surface area (Å²) in [6.07, 6.45) is -7.85. The first-order valence-electron chi connectivity index (χ1n) is 7.88. The van der Waals surface area contributed by atoms with Crippen molar-refractivity contribution in [1.29, 1.82) is 0 Å². The van der Waals surface area contributed by atoms with Gasteiger partial charge in [0.05, 0.1) is 0 Å². The normalized spacial score (nSPS) is 19.4. The molecule has 0 saturated carbocycles. The first kappa shape index (κ1) is 20.3. The van der Waals surface area contributed by atoms with Crippen LogP contribution in [0, 0.1) is 0 Å². The molecule has 6 nitrogen and oxygen atoms in total. The first-order valence-corrected chi connectivity index (χ1v) is 8.67. The number of ether oxygens (including phenoxy) is 1. The first-order chi connectivity index (χ1) is 13.2. The molecule has 1 aromatic carbocycles. The maximum absolute atomic E-state index is 13.2. The summed E-state index contributed by atoms with van der Waals surface area (Å²) in [6, 6.07) is 9.40. The zero-order valence-corrected chi connectivity index (χ0v) is 15.6. The van der Waals surface area contributed by atoms with E-state index in [1.165, 1.54) is 6.07 Å². The molecule has 1 atom stereocenters. The fourth-order valence-electron chi connectivity index (χ4n) is 2.46. The number of hydrogen-bond acceptors (Lipinski definition) is 5. The lowest BCUT2D eigenvalue weighted by molar-refractivity contribution is -0.164. The second kappa shape index (κ2) is 7.92. The second-order valence-electron chi connectivity index (χ2n) is 5.87. The van der Waals surface area contributed by atoms with Gasteiger partial charge in [0, 0.05) is 10.9 Å². The molecule has 150 valence electrons. The topological polar surface area (TPSA) is 75.3 Å². The lowest BCUT2D eigenvalue weighted by atomic mass is 10.1. The van der Waals surface area contributed by atoms with Crippen molar-refractivity contribution in [3.63, 3.8) is 0 Å². The van der Waals surface area contributed by atoms with E-state index in [-0.39, 0.29) is 17.4 Å². The van der Waals surface area contributed by atoms with Crippen LogP contribution in [0.2, 0.25) is 0 Å². The van der Waals surface area contributed by atoms with Gasteiger partial charge in [-0.3, -0.25) is 4.79 Å². The molecule has 11 heteroatoms. The summed E-state index contributed by atoms with van der Waals surface area (Å²) < 4.78 is 63.6. The molecule has 3 rings (SSSR count). The number of aliphatic hydroxyl groups is 1. The molecule has 1 aliphatic rings. The Kier molecular flexibility index (Phi) is 5.75. The lowest BCUT2D eigenvalue weighted by Gasteiger charge is -2.29. The third-order valence-corrected chi connectivity index (χ3v) is 4.43. The van der Waals surface area contributed by atoms with Crippen LogP contribution in [0.4, 0.5) is 17.6 Å². The summed E-state index contributed by atoms with van der Waals surface area (Å²) in [5.41, 5.74) is -4.18. The minimum absolute atomic E-state index is 0.0582. The fraction of sp³-hybridized carbons (Fsp3) is 0.294. The molecule has 2 heterocycles. The maximum atomic E-state index is 13.2. The predicted octanol–water partition coefficient (Wildman–Crippen LogP) is 4.04. The largest absolute Gasteiger partial charge is 0.486 e. The average molecular weight is 465 g/mol. The number of furan rings is 1. The molecule has 1 unspecified atom stereocenters. The van der Waals surface area contributed by atoms with E-state index in [1.807, 2.05) is 0 Å². The maximum Gasteiger partial charge on any atom is 0.312 e. The van der Waals surface area contributed by atoms with Gasteiger partial charge in [0.25, 0.3) is 12.9 Å². The number of hydrogen-bond donors (Lipinski definition) is 1. The molecule has 0 fully saturated rings. The number of alkyl halides is 4. The van der Waals surface area contributed by atoms with Crippen LogP contribution in [0.25, 0.3) is 0 Å². The van der Waals surface area contributed by atoms with Crippen LogP contribution in [-0.4, -0.2) is 40.3 Å². The zero-order valence-electron chi connectivity index (χ0n) is 14.0. The van der Waals surface area contributed by atoms with Crippen molar-refractivity contribution in [3.05, 3.63) is 52.4 Å². The molecule has 28 heavy (non-hydrogen) atoms. The minimum atomic E-state index is -3.51. The fourth-order valence-corrected chi connectivity index (χ4v) is 2.73. The molecule has 0 aliphatic carbocycles. The van der Waals surface area contributed by atoms with Crippen LogP contribution >= 0.6 is 15.9 Å². The van der Waals surface area contributed by atoms with E-state index in [0.717, 1.165) is 10.5 Å². The number of nitrogens with zero attached hydrogens (tertiary/aromatic N) is 2. The summed E-state index contributed by atoms with van der Waals surface area (Å²) in [5, 5.41) is 13.1. The molecule has 0 radical (unpaired) electrons. The van der Waals surface area contributed by atoms with Gasteiger partial charge in [-0.2, -0.15) is 10.1 Å². The molecular weight excluding hydrogens is 452 g/mol. The van der Waals surface area contributed by atoms with Crippen molar-refractivity contribution in [3.8, 4) is 5.75 Å². The van der Waals surface area contributed by atoms with Crippen molar-refractivity contribution in [2.45, 2.75) is 31.6 Å². The highest BCUT2D eigenvalue weighted by molar-refractivity contribution is 9.10. The van der Waals surface area contributed by atoms with Gasteiger partial charge < -0.3 is 14.3 Å². The van der Waals surface area contributed by atoms with Crippen LogP contribution in [0.1, 0.15) is 22.7 Å². The standard InChI is InChI=1S/C17H13BrF4N2O4/c18-9-1-3-10(4-2-9)27-8-11-5-6-13(28-11)15(25)24-17(26,16(21)22)7-12(23-24)14(19)20/h1-6,14,16,26H,7-8H2. The number of carbonyl (C=O) groups is 1. The van der Waals surface area contributed by atoms with Crippen LogP contribution in [0.3, 0.4) is 0 Å². The SMILES string of the molecule is O=C(c1ccc(COc2ccc(Br)cc2)o1)N1N=C(C(F)F)CC1(O)C(F)F. The van der Waals surface area contributed by atoms with Gasteiger partial charge in [-0.1, -0.05) is 15.9 Å². The van der Waals surface area contributed by atoms with Crippen LogP contribution in [-0.2, 0) is 6.61 Å². The number of rotatable bonds is 6. The quantitative estimate of drug-likeness (QED) is 0.654. The van der Waals surface area contributed by atoms with Crippen LogP contribution < -0.4 is 4.74 Å². The molecule has 1 amide bonds. The van der Waals surface area contributed by atoms with E-state index in [0.29, 0.717) is 5.75 Å². The van der Waals surface area contributed by atoms with E-state index in [9.17, 15) is 27.5 Å². The van der Waals surface area contributed by atoms with E-state index in [1.54, 1.807) is 24.3 Å². The molecule has 0 bridgehead atoms. The van der Waals surface area contributed by atoms with Crippen LogP contribution in [0.15, 0.2) is 50.4 Å². The minimum Gasteiger partial charge on any atom is -0.486 e. The molecule has 2 aromatic rings. The third-order valence-electron chi connectivity index (χ3n) is 3.90. The molecule has 0 saturated heterocycles. The van der Waals surface area contributed by atoms with Crippen LogP contribution in [0.5, 0.6) is 5.75 Å². The van der Waals surface area contributed by atoms with Crippen molar-refractivity contribution in [1.82, 2.24) is 5.01 Å². The average Bonchev–Trinajstić information content (AvgIpc) is 3.26. The smallest absolute Gasteiger partial charge is 0.312 e. The Labute approximate surface area is 164 Å². The van der Waals surface area contributed by atoms with Gasteiger partial charge in [-0.25, -0.2) is 17.6 Å². The highest BCUT2D eigenvalue weighted by Crippen LogP contribution is 2.34. The second-order valence-corrected chi connectivity index (χ2v) is 6.79. The Balaban J connectivity index is 1.74. The number of halogens is 5. The highest BCUT2D eigenvalue weighted by atomic mass is 79.9. The molecule has 1 N–H and O–H groups in total. The zero-order chi connectivity index (χ0) is 20.5. The van der Waals surface area contributed by atoms with E-state index >= 15 is 0 Å². The predicted molar refractivity (Wildman–Crippen MR) is 92.4 cm³/mol. The monoisotopic (exact) mass is 464 g/mol. The molecular formula is C17H13BrF4N2O4. The van der Waals surface area contributed by atoms with Crippen molar-refractivity contribution >= 4 is 27.5 Å². The lowest BCUT2D eigenvalue weighted by Crippen LogP contribution is -2.51. The highest BCUT2D eigenvalue weighted by Gasteiger charge is 2.53. The number of benzene rings is 1. The van der Waals surface area contributed by atoms with Gasteiger partial charge in [-0.05, 0) is 36.4 Å². The third kappa shape index (κ3) is 4.04. The molecule has 0 spiro atoms. The molecule has 1 aliphatic heterocycles.